The van der Waals surface area contributed by atoms with Gasteiger partial charge in [0, 0.05) is 11.4 Å². The molecule has 2 N–H and O–H groups in total. The van der Waals surface area contributed by atoms with Crippen LogP contribution in [0.5, 0.6) is 5.75 Å². The van der Waals surface area contributed by atoms with Gasteiger partial charge in [0.25, 0.3) is 20.0 Å². The van der Waals surface area contributed by atoms with E-state index in [0.29, 0.717) is 22.8 Å². The van der Waals surface area contributed by atoms with Gasteiger partial charge in [-0.2, -0.15) is 0 Å². The molecule has 0 bridgehead atoms. The molecule has 0 heterocycles. The van der Waals surface area contributed by atoms with Crippen LogP contribution in [0.25, 0.3) is 0 Å². The molecule has 0 saturated carbocycles. The van der Waals surface area contributed by atoms with E-state index < -0.39 is 32.5 Å². The van der Waals surface area contributed by atoms with Crippen LogP contribution in [-0.4, -0.2) is 36.4 Å². The predicted octanol–water partition coefficient (Wildman–Crippen LogP) is 4.64. The molecular weight excluding hydrogens is 538 g/mol. The number of sulfonamides is 2. The number of rotatable bonds is 10. The summed E-state index contributed by atoms with van der Waals surface area (Å²) in [5, 5.41) is 2.64. The summed E-state index contributed by atoms with van der Waals surface area (Å²) in [6.45, 7) is 1.39. The summed E-state index contributed by atoms with van der Waals surface area (Å²) in [5.41, 5.74) is 1.95. The summed E-state index contributed by atoms with van der Waals surface area (Å²) in [7, 11) is -6.40. The summed E-state index contributed by atoms with van der Waals surface area (Å²) in [6, 6.07) is 26.6. The molecule has 4 aromatic carbocycles. The van der Waals surface area contributed by atoms with E-state index in [1.807, 2.05) is 6.92 Å². The maximum atomic E-state index is 13.4. The Balaban J connectivity index is 1.50. The topological polar surface area (TPSA) is 122 Å². The molecular formula is C28H27N3O6S2. The second-order valence-electron chi connectivity index (χ2n) is 8.57. The third-order valence-electron chi connectivity index (χ3n) is 5.73. The lowest BCUT2D eigenvalue weighted by molar-refractivity contribution is -0.114. The number of carbonyl (C=O) groups excluding carboxylic acids is 1. The summed E-state index contributed by atoms with van der Waals surface area (Å²) < 4.78 is 60.9. The number of nitrogens with one attached hydrogen (secondary N) is 2. The first-order valence-corrected chi connectivity index (χ1v) is 14.7. The lowest BCUT2D eigenvalue weighted by atomic mass is 10.2. The van der Waals surface area contributed by atoms with Crippen molar-refractivity contribution in [3.63, 3.8) is 0 Å². The maximum Gasteiger partial charge on any atom is 0.264 e. The lowest BCUT2D eigenvalue weighted by Gasteiger charge is -2.24. The van der Waals surface area contributed by atoms with Gasteiger partial charge in [-0.1, -0.05) is 35.9 Å². The summed E-state index contributed by atoms with van der Waals surface area (Å²) in [4.78, 5) is 13.0. The highest BCUT2D eigenvalue weighted by molar-refractivity contribution is 7.93. The van der Waals surface area contributed by atoms with Crippen LogP contribution in [0.2, 0.25) is 0 Å². The van der Waals surface area contributed by atoms with Crippen LogP contribution in [0.15, 0.2) is 113 Å². The van der Waals surface area contributed by atoms with Crippen molar-refractivity contribution >= 4 is 43.0 Å². The Labute approximate surface area is 228 Å². The molecule has 0 saturated heterocycles. The highest BCUT2D eigenvalue weighted by Gasteiger charge is 2.27. The van der Waals surface area contributed by atoms with Gasteiger partial charge in [0.1, 0.15) is 12.3 Å². The molecule has 0 aliphatic heterocycles. The molecule has 0 aliphatic rings. The molecule has 4 aromatic rings. The number of hydrogen-bond acceptors (Lipinski definition) is 6. The second-order valence-corrected chi connectivity index (χ2v) is 12.1. The van der Waals surface area contributed by atoms with E-state index in [1.54, 1.807) is 66.7 Å². The Morgan fingerprint density at radius 2 is 1.33 bits per heavy atom. The van der Waals surface area contributed by atoms with E-state index in [-0.39, 0.29) is 9.79 Å². The van der Waals surface area contributed by atoms with Crippen molar-refractivity contribution in [1.82, 2.24) is 0 Å². The number of carbonyl (C=O) groups is 1. The van der Waals surface area contributed by atoms with Gasteiger partial charge >= 0.3 is 0 Å². The number of methoxy groups -OCH3 is 1. The number of benzene rings is 4. The van der Waals surface area contributed by atoms with E-state index >= 15 is 0 Å². The van der Waals surface area contributed by atoms with Crippen molar-refractivity contribution in [1.29, 1.82) is 0 Å². The molecule has 1 amide bonds. The minimum absolute atomic E-state index is 0.00995. The van der Waals surface area contributed by atoms with Gasteiger partial charge in [-0.3, -0.25) is 13.8 Å². The largest absolute Gasteiger partial charge is 0.497 e. The number of amides is 1. The normalized spacial score (nSPS) is 11.4. The molecule has 0 spiro atoms. The fourth-order valence-corrected chi connectivity index (χ4v) is 6.17. The van der Waals surface area contributed by atoms with E-state index in [2.05, 4.69) is 10.0 Å². The average molecular weight is 566 g/mol. The first kappa shape index (κ1) is 27.7. The molecule has 0 atom stereocenters. The average Bonchev–Trinajstić information content (AvgIpc) is 2.93. The van der Waals surface area contributed by atoms with E-state index in [0.717, 1.165) is 9.87 Å². The van der Waals surface area contributed by atoms with Crippen molar-refractivity contribution in [3.8, 4) is 5.75 Å². The van der Waals surface area contributed by atoms with E-state index in [4.69, 9.17) is 4.74 Å². The van der Waals surface area contributed by atoms with Gasteiger partial charge < -0.3 is 10.1 Å². The fraction of sp³-hybridized carbons (Fsp3) is 0.107. The molecule has 4 rings (SSSR count). The highest BCUT2D eigenvalue weighted by atomic mass is 32.2. The number of hydrogen-bond donors (Lipinski definition) is 2. The minimum Gasteiger partial charge on any atom is -0.497 e. The molecule has 0 unspecified atom stereocenters. The van der Waals surface area contributed by atoms with E-state index in [9.17, 15) is 21.6 Å². The third kappa shape index (κ3) is 6.75. The Morgan fingerprint density at radius 1 is 0.744 bits per heavy atom. The van der Waals surface area contributed by atoms with Crippen LogP contribution in [0.1, 0.15) is 5.56 Å². The molecule has 202 valence electrons. The van der Waals surface area contributed by atoms with Crippen LogP contribution < -0.4 is 19.1 Å². The number of aryl methyl sites for hydroxylation is 1. The zero-order chi connectivity index (χ0) is 28.0. The molecule has 11 heteroatoms. The summed E-state index contributed by atoms with van der Waals surface area (Å²) in [6.07, 6.45) is 0. The van der Waals surface area contributed by atoms with Crippen molar-refractivity contribution in [2.45, 2.75) is 16.7 Å². The Hall–Kier alpha value is -4.35. The van der Waals surface area contributed by atoms with Gasteiger partial charge in [0.05, 0.1) is 22.6 Å². The zero-order valence-electron chi connectivity index (χ0n) is 21.2. The first-order chi connectivity index (χ1) is 18.6. The van der Waals surface area contributed by atoms with Crippen LogP contribution in [0, 0.1) is 6.92 Å². The molecule has 0 aliphatic carbocycles. The van der Waals surface area contributed by atoms with E-state index in [1.165, 1.54) is 43.5 Å². The highest BCUT2D eigenvalue weighted by Crippen LogP contribution is 2.25. The first-order valence-electron chi connectivity index (χ1n) is 11.8. The summed E-state index contributed by atoms with van der Waals surface area (Å²) >= 11 is 0. The van der Waals surface area contributed by atoms with Crippen LogP contribution >= 0.6 is 0 Å². The number of ether oxygens (including phenoxy) is 1. The predicted molar refractivity (Wildman–Crippen MR) is 151 cm³/mol. The lowest BCUT2D eigenvalue weighted by Crippen LogP contribution is -2.38. The SMILES string of the molecule is COc1ccc(NS(=O)(=O)c2ccc(NC(=O)CN(c3ccc(C)cc3)S(=O)(=O)c3ccccc3)cc2)cc1. The molecule has 0 fully saturated rings. The zero-order valence-corrected chi connectivity index (χ0v) is 22.9. The van der Waals surface area contributed by atoms with Gasteiger partial charge in [0.15, 0.2) is 0 Å². The molecule has 39 heavy (non-hydrogen) atoms. The van der Waals surface area contributed by atoms with Crippen LogP contribution in [0.4, 0.5) is 17.1 Å². The minimum atomic E-state index is -4.04. The van der Waals surface area contributed by atoms with Gasteiger partial charge in [0.2, 0.25) is 5.91 Å². The van der Waals surface area contributed by atoms with Crippen molar-refractivity contribution < 1.29 is 26.4 Å². The van der Waals surface area contributed by atoms with Gasteiger partial charge in [-0.25, -0.2) is 16.8 Å². The third-order valence-corrected chi connectivity index (χ3v) is 8.92. The Kier molecular flexibility index (Phi) is 8.22. The molecule has 0 aromatic heterocycles. The standard InChI is InChI=1S/C28H27N3O6S2/c1-21-8-14-24(15-9-21)31(39(35,36)27-6-4-3-5-7-27)20-28(32)29-22-12-18-26(19-13-22)38(33,34)30-23-10-16-25(37-2)17-11-23/h3-19,30H,20H2,1-2H3,(H,29,32). The Bertz CT molecular complexity index is 1640. The van der Waals surface area contributed by atoms with Crippen LogP contribution in [-0.2, 0) is 24.8 Å². The second kappa shape index (κ2) is 11.6. The van der Waals surface area contributed by atoms with Crippen LogP contribution in [0.3, 0.4) is 0 Å². The van der Waals surface area contributed by atoms with Crippen molar-refractivity contribution in [2.24, 2.45) is 0 Å². The quantitative estimate of drug-likeness (QED) is 0.289. The van der Waals surface area contributed by atoms with Gasteiger partial charge in [-0.05, 0) is 79.7 Å². The van der Waals surface area contributed by atoms with Crippen molar-refractivity contribution in [3.05, 3.63) is 109 Å². The monoisotopic (exact) mass is 565 g/mol. The summed E-state index contributed by atoms with van der Waals surface area (Å²) in [5.74, 6) is -0.00222. The number of anilines is 3. The number of nitrogens with zero attached hydrogens (tertiary/aromatic N) is 1. The van der Waals surface area contributed by atoms with Gasteiger partial charge in [-0.15, -0.1) is 0 Å². The molecule has 0 radical (unpaired) electrons. The Morgan fingerprint density at radius 3 is 1.92 bits per heavy atom. The fourth-order valence-electron chi connectivity index (χ4n) is 3.67. The molecule has 9 nitrogen and oxygen atoms in total. The van der Waals surface area contributed by atoms with Crippen molar-refractivity contribution in [2.75, 3.05) is 28.0 Å². The maximum absolute atomic E-state index is 13.4. The smallest absolute Gasteiger partial charge is 0.264 e.